The van der Waals surface area contributed by atoms with Gasteiger partial charge in [0, 0.05) is 39.3 Å². The van der Waals surface area contributed by atoms with E-state index in [4.69, 9.17) is 9.97 Å². The maximum absolute atomic E-state index is 6.03. The van der Waals surface area contributed by atoms with Crippen molar-refractivity contribution in [1.82, 2.24) is 9.97 Å². The predicted octanol–water partition coefficient (Wildman–Crippen LogP) is 20.5. The smallest absolute Gasteiger partial charge is 0.0979 e. The molecule has 4 aliphatic carbocycles. The number of nitrogens with zero attached hydrogens (tertiary/aromatic N) is 3. The molecule has 0 N–H and O–H groups in total. The molecule has 13 aromatic carbocycles. The van der Waals surface area contributed by atoms with Crippen LogP contribution in [-0.2, 0) is 10.8 Å². The summed E-state index contributed by atoms with van der Waals surface area (Å²) in [5, 5.41) is 0. The molecule has 2 spiro atoms. The molecule has 14 aromatic rings. The standard InChI is InChI=1S/C82H51N3/c1-4-22-52(23-5-1)77-78(53-40-44-58(45-41-53)85(56-24-6-2-7-25-56)57-26-8-3-9-27-57)84-80-60(55-43-47-68-66-33-15-21-39-74(66)82(76(68)51-55)71-36-18-12-30-63(71)64-31-13-19-37-72(64)82)49-48-59(79(80)83-77)54-42-46-67-65-32-14-20-38-73(65)81(75(67)50-54)69-34-16-10-28-61(69)62-29-11-17-35-70(62)81/h1-51H. The van der Waals surface area contributed by atoms with Crippen LogP contribution in [0.25, 0.3) is 100 Å². The molecule has 85 heavy (non-hydrogen) atoms. The van der Waals surface area contributed by atoms with Gasteiger partial charge < -0.3 is 4.90 Å². The highest BCUT2D eigenvalue weighted by atomic mass is 15.1. The van der Waals surface area contributed by atoms with Crippen LogP contribution in [-0.4, -0.2) is 9.97 Å². The molecule has 0 unspecified atom stereocenters. The molecule has 0 radical (unpaired) electrons. The molecule has 0 bridgehead atoms. The first-order valence-corrected chi connectivity index (χ1v) is 29.5. The molecular formula is C82H51N3. The van der Waals surface area contributed by atoms with Crippen molar-refractivity contribution in [1.29, 1.82) is 0 Å². The third kappa shape index (κ3) is 6.61. The van der Waals surface area contributed by atoms with Crippen molar-refractivity contribution >= 4 is 28.1 Å². The van der Waals surface area contributed by atoms with Gasteiger partial charge in [-0.2, -0.15) is 0 Å². The summed E-state index contributed by atoms with van der Waals surface area (Å²) in [4.78, 5) is 14.3. The second kappa shape index (κ2) is 18.2. The maximum Gasteiger partial charge on any atom is 0.0979 e. The highest BCUT2D eigenvalue weighted by Crippen LogP contribution is 2.65. The van der Waals surface area contributed by atoms with Gasteiger partial charge in [0.25, 0.3) is 0 Å². The van der Waals surface area contributed by atoms with Crippen molar-refractivity contribution in [2.75, 3.05) is 4.90 Å². The maximum atomic E-state index is 6.03. The van der Waals surface area contributed by atoms with Crippen molar-refractivity contribution in [3.05, 3.63) is 354 Å². The molecule has 394 valence electrons. The largest absolute Gasteiger partial charge is 0.311 e. The van der Waals surface area contributed by atoms with Crippen LogP contribution in [0.15, 0.2) is 309 Å². The van der Waals surface area contributed by atoms with Crippen LogP contribution in [0.5, 0.6) is 0 Å². The summed E-state index contributed by atoms with van der Waals surface area (Å²) in [5.74, 6) is 0. The van der Waals surface area contributed by atoms with Gasteiger partial charge in [-0.25, -0.2) is 9.97 Å². The minimum atomic E-state index is -0.507. The Hall–Kier alpha value is -11.0. The Labute approximate surface area is 494 Å². The molecule has 0 atom stereocenters. The second-order valence-electron chi connectivity index (χ2n) is 23.0. The van der Waals surface area contributed by atoms with Gasteiger partial charge in [0.05, 0.1) is 33.3 Å². The summed E-state index contributed by atoms with van der Waals surface area (Å²) in [5.41, 5.74) is 32.5. The number of hydrogen-bond acceptors (Lipinski definition) is 3. The first-order valence-electron chi connectivity index (χ1n) is 29.5. The quantitative estimate of drug-likeness (QED) is 0.159. The first-order chi connectivity index (χ1) is 42.2. The van der Waals surface area contributed by atoms with Crippen molar-refractivity contribution in [2.45, 2.75) is 10.8 Å². The predicted molar refractivity (Wildman–Crippen MR) is 349 cm³/mol. The van der Waals surface area contributed by atoms with E-state index in [-0.39, 0.29) is 0 Å². The Kier molecular flexibility index (Phi) is 10.2. The number of hydrogen-bond donors (Lipinski definition) is 0. The fraction of sp³-hybridized carbons (Fsp3) is 0.0244. The lowest BCUT2D eigenvalue weighted by atomic mass is 9.70. The van der Waals surface area contributed by atoms with Crippen LogP contribution in [0.2, 0.25) is 0 Å². The average molecular weight is 1080 g/mol. The summed E-state index contributed by atoms with van der Waals surface area (Å²) in [6, 6.07) is 114. The number of anilines is 3. The Morgan fingerprint density at radius 1 is 0.200 bits per heavy atom. The molecule has 0 aliphatic heterocycles. The van der Waals surface area contributed by atoms with E-state index in [2.05, 4.69) is 314 Å². The summed E-state index contributed by atoms with van der Waals surface area (Å²) < 4.78 is 0. The van der Waals surface area contributed by atoms with Gasteiger partial charge in [0.1, 0.15) is 0 Å². The molecule has 18 rings (SSSR count). The SMILES string of the molecule is c1ccc(-c2nc3c(-c4ccc5c(c4)C4(c6ccccc6-c6ccccc64)c4ccccc4-5)ccc(-c4ccc5c(c4)C4(c6ccccc6-c6ccccc64)c4ccccc4-5)c3nc2-c2ccc(N(c3ccccc3)c3ccccc3)cc2)cc1. The van der Waals surface area contributed by atoms with E-state index in [1.807, 2.05) is 0 Å². The van der Waals surface area contributed by atoms with Crippen LogP contribution < -0.4 is 4.90 Å². The van der Waals surface area contributed by atoms with Crippen LogP contribution >= 0.6 is 0 Å². The number of aromatic nitrogens is 2. The third-order valence-corrected chi connectivity index (χ3v) is 18.9. The molecule has 0 fully saturated rings. The number of para-hydroxylation sites is 2. The zero-order valence-electron chi connectivity index (χ0n) is 46.3. The molecule has 1 aromatic heterocycles. The van der Waals surface area contributed by atoms with Crippen molar-refractivity contribution in [3.63, 3.8) is 0 Å². The zero-order chi connectivity index (χ0) is 55.8. The van der Waals surface area contributed by atoms with Crippen molar-refractivity contribution in [2.24, 2.45) is 0 Å². The number of rotatable bonds is 7. The number of fused-ring (bicyclic) bond motifs is 21. The van der Waals surface area contributed by atoms with E-state index in [1.165, 1.54) is 89.0 Å². The lowest BCUT2D eigenvalue weighted by Gasteiger charge is -2.31. The Bertz CT molecular complexity index is 4900. The molecule has 4 aliphatic rings. The normalized spacial score (nSPS) is 13.6. The van der Waals surface area contributed by atoms with Crippen LogP contribution in [0.3, 0.4) is 0 Å². The van der Waals surface area contributed by atoms with E-state index in [0.717, 1.165) is 72.9 Å². The summed E-state index contributed by atoms with van der Waals surface area (Å²) in [7, 11) is 0. The Balaban J connectivity index is 0.894. The van der Waals surface area contributed by atoms with Gasteiger partial charge in [-0.3, -0.25) is 0 Å². The third-order valence-electron chi connectivity index (χ3n) is 18.9. The highest BCUT2D eigenvalue weighted by molar-refractivity contribution is 6.06. The molecule has 1 heterocycles. The monoisotopic (exact) mass is 1080 g/mol. The highest BCUT2D eigenvalue weighted by Gasteiger charge is 2.53. The number of benzene rings is 13. The van der Waals surface area contributed by atoms with E-state index in [0.29, 0.717) is 0 Å². The Morgan fingerprint density at radius 3 is 0.812 bits per heavy atom. The van der Waals surface area contributed by atoms with E-state index < -0.39 is 10.8 Å². The van der Waals surface area contributed by atoms with Crippen LogP contribution in [0, 0.1) is 0 Å². The molecule has 3 nitrogen and oxygen atoms in total. The summed E-state index contributed by atoms with van der Waals surface area (Å²) in [6.45, 7) is 0. The fourth-order valence-corrected chi connectivity index (χ4v) is 15.5. The van der Waals surface area contributed by atoms with Gasteiger partial charge in [0.15, 0.2) is 0 Å². The van der Waals surface area contributed by atoms with E-state index in [9.17, 15) is 0 Å². The van der Waals surface area contributed by atoms with E-state index >= 15 is 0 Å². The minimum absolute atomic E-state index is 0.503. The summed E-state index contributed by atoms with van der Waals surface area (Å²) in [6.07, 6.45) is 0. The fourth-order valence-electron chi connectivity index (χ4n) is 15.5. The van der Waals surface area contributed by atoms with Gasteiger partial charge in [-0.15, -0.1) is 0 Å². The Morgan fingerprint density at radius 2 is 0.459 bits per heavy atom. The molecule has 0 saturated carbocycles. The van der Waals surface area contributed by atoms with Crippen molar-refractivity contribution < 1.29 is 0 Å². The van der Waals surface area contributed by atoms with Gasteiger partial charge in [-0.05, 0) is 149 Å². The second-order valence-corrected chi connectivity index (χ2v) is 23.0. The molecule has 0 amide bonds. The topological polar surface area (TPSA) is 29.0 Å². The average Bonchev–Trinajstić information content (AvgIpc) is 1.56. The van der Waals surface area contributed by atoms with E-state index in [1.54, 1.807) is 0 Å². The molecule has 0 saturated heterocycles. The van der Waals surface area contributed by atoms with Gasteiger partial charge in [-0.1, -0.05) is 261 Å². The molecular weight excluding hydrogens is 1030 g/mol. The molecule has 3 heteroatoms. The first kappa shape index (κ1) is 47.6. The zero-order valence-corrected chi connectivity index (χ0v) is 46.3. The summed E-state index contributed by atoms with van der Waals surface area (Å²) >= 11 is 0. The van der Waals surface area contributed by atoms with Gasteiger partial charge >= 0.3 is 0 Å². The van der Waals surface area contributed by atoms with Crippen LogP contribution in [0.1, 0.15) is 44.5 Å². The van der Waals surface area contributed by atoms with Crippen LogP contribution in [0.4, 0.5) is 17.1 Å². The minimum Gasteiger partial charge on any atom is -0.311 e. The lowest BCUT2D eigenvalue weighted by molar-refractivity contribution is 0.794. The lowest BCUT2D eigenvalue weighted by Crippen LogP contribution is -2.25. The van der Waals surface area contributed by atoms with Gasteiger partial charge in [0.2, 0.25) is 0 Å². The van der Waals surface area contributed by atoms with Crippen molar-refractivity contribution in [3.8, 4) is 89.3 Å².